The minimum atomic E-state index is 0.683. The van der Waals surface area contributed by atoms with E-state index in [0.717, 1.165) is 5.92 Å². The largest absolute Gasteiger partial charge is 0.312 e. The molecule has 1 heterocycles. The maximum Gasteiger partial charge on any atom is 0.0220 e. The molecule has 0 spiro atoms. The van der Waals surface area contributed by atoms with Gasteiger partial charge in [0.25, 0.3) is 0 Å². The first-order valence-electron chi connectivity index (χ1n) is 7.62. The number of hydrogen-bond donors (Lipinski definition) is 1. The third-order valence-corrected chi connectivity index (χ3v) is 4.14. The van der Waals surface area contributed by atoms with Crippen LogP contribution in [0.25, 0.3) is 0 Å². The zero-order valence-corrected chi connectivity index (χ0v) is 12.3. The van der Waals surface area contributed by atoms with Crippen LogP contribution in [0.4, 0.5) is 0 Å². The van der Waals surface area contributed by atoms with Gasteiger partial charge in [-0.1, -0.05) is 26.7 Å². The third kappa shape index (κ3) is 5.39. The molecule has 0 aromatic rings. The Balaban J connectivity index is 2.36. The summed E-state index contributed by atoms with van der Waals surface area (Å²) in [5.74, 6) is 0.844. The highest BCUT2D eigenvalue weighted by molar-refractivity contribution is 4.82. The molecule has 1 aliphatic heterocycles. The standard InChI is InChI=1S/C15H32N2/c1-5-6-7-11-17(13(2)3)12-15-14(4)9-8-10-16-15/h13-16H,5-12H2,1-4H3. The fraction of sp³-hybridized carbons (Fsp3) is 1.00. The highest BCUT2D eigenvalue weighted by Crippen LogP contribution is 2.17. The number of nitrogens with one attached hydrogen (secondary N) is 1. The van der Waals surface area contributed by atoms with Crippen molar-refractivity contribution in [1.29, 1.82) is 0 Å². The molecule has 1 saturated heterocycles. The Morgan fingerprint density at radius 3 is 2.65 bits per heavy atom. The van der Waals surface area contributed by atoms with E-state index in [1.807, 2.05) is 0 Å². The zero-order chi connectivity index (χ0) is 12.7. The molecule has 1 rings (SSSR count). The summed E-state index contributed by atoms with van der Waals surface area (Å²) < 4.78 is 0. The van der Waals surface area contributed by atoms with Crippen molar-refractivity contribution in [1.82, 2.24) is 10.2 Å². The molecule has 17 heavy (non-hydrogen) atoms. The van der Waals surface area contributed by atoms with Crippen LogP contribution in [0.15, 0.2) is 0 Å². The molecule has 1 aliphatic rings. The summed E-state index contributed by atoms with van der Waals surface area (Å²) in [6.45, 7) is 13.1. The SMILES string of the molecule is CCCCCN(CC1NCCCC1C)C(C)C. The van der Waals surface area contributed by atoms with Crippen LogP contribution in [0.3, 0.4) is 0 Å². The van der Waals surface area contributed by atoms with Crippen LogP contribution >= 0.6 is 0 Å². The van der Waals surface area contributed by atoms with E-state index in [0.29, 0.717) is 12.1 Å². The predicted molar refractivity (Wildman–Crippen MR) is 76.4 cm³/mol. The van der Waals surface area contributed by atoms with Crippen molar-refractivity contribution in [2.45, 2.75) is 71.9 Å². The minimum absolute atomic E-state index is 0.683. The zero-order valence-electron chi connectivity index (χ0n) is 12.3. The Bertz CT molecular complexity index is 191. The summed E-state index contributed by atoms with van der Waals surface area (Å²) in [4.78, 5) is 2.66. The van der Waals surface area contributed by atoms with Crippen molar-refractivity contribution in [3.8, 4) is 0 Å². The molecule has 0 amide bonds. The molecule has 0 aromatic heterocycles. The van der Waals surface area contributed by atoms with Crippen LogP contribution in [0.5, 0.6) is 0 Å². The smallest absolute Gasteiger partial charge is 0.0220 e. The van der Waals surface area contributed by atoms with Gasteiger partial charge in [0, 0.05) is 18.6 Å². The quantitative estimate of drug-likeness (QED) is 0.687. The van der Waals surface area contributed by atoms with Gasteiger partial charge in [0.05, 0.1) is 0 Å². The lowest BCUT2D eigenvalue weighted by Crippen LogP contribution is -2.49. The van der Waals surface area contributed by atoms with Crippen molar-refractivity contribution in [2.24, 2.45) is 5.92 Å². The van der Waals surface area contributed by atoms with Gasteiger partial charge in [-0.25, -0.2) is 0 Å². The minimum Gasteiger partial charge on any atom is -0.312 e. The van der Waals surface area contributed by atoms with Crippen molar-refractivity contribution >= 4 is 0 Å². The number of rotatable bonds is 7. The monoisotopic (exact) mass is 240 g/mol. The number of hydrogen-bond acceptors (Lipinski definition) is 2. The summed E-state index contributed by atoms with van der Waals surface area (Å²) in [5, 5.41) is 3.70. The van der Waals surface area contributed by atoms with Gasteiger partial charge in [0.15, 0.2) is 0 Å². The fourth-order valence-electron chi connectivity index (χ4n) is 2.74. The van der Waals surface area contributed by atoms with E-state index < -0.39 is 0 Å². The van der Waals surface area contributed by atoms with E-state index in [4.69, 9.17) is 0 Å². The molecule has 2 nitrogen and oxygen atoms in total. The van der Waals surface area contributed by atoms with Crippen molar-refractivity contribution in [3.63, 3.8) is 0 Å². The second-order valence-electron chi connectivity index (χ2n) is 5.98. The highest BCUT2D eigenvalue weighted by Gasteiger charge is 2.23. The molecule has 0 aromatic carbocycles. The van der Waals surface area contributed by atoms with Gasteiger partial charge in [-0.15, -0.1) is 0 Å². The summed E-state index contributed by atoms with van der Waals surface area (Å²) in [6, 6.07) is 1.40. The first-order chi connectivity index (χ1) is 8.15. The molecule has 0 bridgehead atoms. The molecule has 2 heteroatoms. The molecular weight excluding hydrogens is 208 g/mol. The predicted octanol–water partition coefficient (Wildman–Crippen LogP) is 3.28. The van der Waals surface area contributed by atoms with Gasteiger partial charge in [0.2, 0.25) is 0 Å². The van der Waals surface area contributed by atoms with Gasteiger partial charge in [-0.2, -0.15) is 0 Å². The van der Waals surface area contributed by atoms with Crippen molar-refractivity contribution < 1.29 is 0 Å². The number of nitrogens with zero attached hydrogens (tertiary/aromatic N) is 1. The molecule has 1 fully saturated rings. The first kappa shape index (κ1) is 15.0. The van der Waals surface area contributed by atoms with Gasteiger partial charge < -0.3 is 5.32 Å². The summed E-state index contributed by atoms with van der Waals surface area (Å²) in [5.41, 5.74) is 0. The average Bonchev–Trinajstić information content (AvgIpc) is 2.30. The molecular formula is C15H32N2. The van der Waals surface area contributed by atoms with Crippen molar-refractivity contribution in [2.75, 3.05) is 19.6 Å². The van der Waals surface area contributed by atoms with Crippen LogP contribution in [-0.2, 0) is 0 Å². The second-order valence-corrected chi connectivity index (χ2v) is 5.98. The topological polar surface area (TPSA) is 15.3 Å². The summed E-state index contributed by atoms with van der Waals surface area (Å²) in [6.07, 6.45) is 6.81. The molecule has 0 aliphatic carbocycles. The van der Waals surface area contributed by atoms with Crippen LogP contribution in [0.2, 0.25) is 0 Å². The van der Waals surface area contributed by atoms with E-state index in [1.54, 1.807) is 0 Å². The molecule has 0 radical (unpaired) electrons. The molecule has 2 atom stereocenters. The van der Waals surface area contributed by atoms with Crippen LogP contribution in [-0.4, -0.2) is 36.6 Å². The van der Waals surface area contributed by atoms with E-state index >= 15 is 0 Å². The Morgan fingerprint density at radius 2 is 2.06 bits per heavy atom. The lowest BCUT2D eigenvalue weighted by molar-refractivity contribution is 0.158. The fourth-order valence-corrected chi connectivity index (χ4v) is 2.74. The Hall–Kier alpha value is -0.0800. The first-order valence-corrected chi connectivity index (χ1v) is 7.62. The summed E-state index contributed by atoms with van der Waals surface area (Å²) in [7, 11) is 0. The van der Waals surface area contributed by atoms with E-state index in [2.05, 4.69) is 37.9 Å². The Kier molecular flexibility index (Phi) is 7.14. The van der Waals surface area contributed by atoms with Crippen molar-refractivity contribution in [3.05, 3.63) is 0 Å². The van der Waals surface area contributed by atoms with E-state index in [1.165, 1.54) is 51.7 Å². The van der Waals surface area contributed by atoms with Crippen LogP contribution in [0.1, 0.15) is 59.8 Å². The van der Waals surface area contributed by atoms with E-state index in [-0.39, 0.29) is 0 Å². The maximum absolute atomic E-state index is 3.70. The lowest BCUT2D eigenvalue weighted by atomic mass is 9.92. The molecule has 102 valence electrons. The Morgan fingerprint density at radius 1 is 1.29 bits per heavy atom. The van der Waals surface area contributed by atoms with Gasteiger partial charge in [-0.3, -0.25) is 4.90 Å². The van der Waals surface area contributed by atoms with Gasteiger partial charge in [-0.05, 0) is 52.1 Å². The molecule has 1 N–H and O–H groups in total. The average molecular weight is 240 g/mol. The number of piperidine rings is 1. The third-order valence-electron chi connectivity index (χ3n) is 4.14. The van der Waals surface area contributed by atoms with Gasteiger partial charge in [0.1, 0.15) is 0 Å². The molecule has 2 unspecified atom stereocenters. The maximum atomic E-state index is 3.70. The second kappa shape index (κ2) is 8.10. The molecule has 0 saturated carbocycles. The van der Waals surface area contributed by atoms with Gasteiger partial charge >= 0.3 is 0 Å². The summed E-state index contributed by atoms with van der Waals surface area (Å²) >= 11 is 0. The lowest BCUT2D eigenvalue weighted by Gasteiger charge is -2.36. The van der Waals surface area contributed by atoms with E-state index in [9.17, 15) is 0 Å². The number of unbranched alkanes of at least 4 members (excludes halogenated alkanes) is 2. The Labute approximate surface area is 108 Å². The highest BCUT2D eigenvalue weighted by atomic mass is 15.2. The normalized spacial score (nSPS) is 25.8. The van der Waals surface area contributed by atoms with Crippen LogP contribution < -0.4 is 5.32 Å². The van der Waals surface area contributed by atoms with Crippen LogP contribution in [0, 0.1) is 5.92 Å².